The number of fused-ring (bicyclic) bond motifs is 1. The largest absolute Gasteiger partial charge is 0.506 e. The summed E-state index contributed by atoms with van der Waals surface area (Å²) in [6.45, 7) is 0. The molecule has 0 aliphatic carbocycles. The van der Waals surface area contributed by atoms with Crippen LogP contribution in [0.15, 0.2) is 83.8 Å². The van der Waals surface area contributed by atoms with Crippen LogP contribution in [-0.2, 0) is 0 Å². The number of amides is 1. The summed E-state index contributed by atoms with van der Waals surface area (Å²) < 4.78 is 9.77. The van der Waals surface area contributed by atoms with Crippen molar-refractivity contribution < 1.29 is 9.90 Å². The Hall–Kier alpha value is -3.14. The number of rotatable bonds is 9. The Morgan fingerprint density at radius 1 is 0.800 bits per heavy atom. The second kappa shape index (κ2) is 11.5. The average molecular weight is 523 g/mol. The van der Waals surface area contributed by atoms with Gasteiger partial charge in [0.1, 0.15) is 5.75 Å². The predicted molar refractivity (Wildman–Crippen MR) is 155 cm³/mol. The van der Waals surface area contributed by atoms with Crippen LogP contribution in [0, 0.1) is 0 Å². The van der Waals surface area contributed by atoms with Crippen LogP contribution in [0.25, 0.3) is 10.8 Å². The topological polar surface area (TPSA) is 76.6 Å². The van der Waals surface area contributed by atoms with Gasteiger partial charge in [-0.05, 0) is 66.5 Å². The number of anilines is 4. The molecule has 0 unspecified atom stereocenters. The number of nitrogens with one attached hydrogen (secondary N) is 3. The number of hydrogen-bond acceptors (Lipinski definition) is 8. The maximum Gasteiger partial charge on any atom is 0.261 e. The Kier molecular flexibility index (Phi) is 8.22. The lowest BCUT2D eigenvalue weighted by atomic mass is 10.0. The molecule has 0 aliphatic rings. The Morgan fingerprint density at radius 3 is 2.26 bits per heavy atom. The average Bonchev–Trinajstić information content (AvgIpc) is 2.88. The highest BCUT2D eigenvalue weighted by molar-refractivity contribution is 8.00. The van der Waals surface area contributed by atoms with Gasteiger partial charge in [0.2, 0.25) is 0 Å². The molecule has 0 aliphatic heterocycles. The minimum absolute atomic E-state index is 0.0279. The van der Waals surface area contributed by atoms with Crippen molar-refractivity contribution in [1.29, 1.82) is 0 Å². The van der Waals surface area contributed by atoms with Gasteiger partial charge in [0.05, 0.1) is 11.3 Å². The third-order valence-corrected chi connectivity index (χ3v) is 7.07. The van der Waals surface area contributed by atoms with Crippen LogP contribution in [0.4, 0.5) is 22.7 Å². The maximum atomic E-state index is 13.2. The third kappa shape index (κ3) is 5.75. The summed E-state index contributed by atoms with van der Waals surface area (Å²) in [6.07, 6.45) is 3.94. The zero-order valence-electron chi connectivity index (χ0n) is 19.5. The van der Waals surface area contributed by atoms with Gasteiger partial charge < -0.3 is 24.2 Å². The lowest BCUT2D eigenvalue weighted by molar-refractivity contribution is 0.0990. The summed E-state index contributed by atoms with van der Waals surface area (Å²) in [5.41, 5.74) is 3.84. The smallest absolute Gasteiger partial charge is 0.261 e. The number of phenols is 1. The molecule has 0 fully saturated rings. The van der Waals surface area contributed by atoms with E-state index in [9.17, 15) is 9.90 Å². The third-order valence-electron chi connectivity index (χ3n) is 5.38. The summed E-state index contributed by atoms with van der Waals surface area (Å²) >= 11 is 4.54. The van der Waals surface area contributed by atoms with E-state index in [0.29, 0.717) is 5.39 Å². The highest BCUT2D eigenvalue weighted by Crippen LogP contribution is 2.36. The summed E-state index contributed by atoms with van der Waals surface area (Å²) in [4.78, 5) is 15.8. The van der Waals surface area contributed by atoms with Crippen molar-refractivity contribution in [3.8, 4) is 5.75 Å². The summed E-state index contributed by atoms with van der Waals surface area (Å²) in [6, 6.07) is 24.9. The first-order valence-electron chi connectivity index (χ1n) is 10.8. The first kappa shape index (κ1) is 25.0. The predicted octanol–water partition coefficient (Wildman–Crippen LogP) is 7.32. The first-order valence-corrected chi connectivity index (χ1v) is 14.0. The molecular formula is C26H26N4O2S3. The molecule has 35 heavy (non-hydrogen) atoms. The molecule has 4 N–H and O–H groups in total. The molecule has 0 aromatic heterocycles. The molecule has 0 spiro atoms. The van der Waals surface area contributed by atoms with Gasteiger partial charge >= 0.3 is 0 Å². The Morgan fingerprint density at radius 2 is 1.51 bits per heavy atom. The molecule has 0 heterocycles. The van der Waals surface area contributed by atoms with Gasteiger partial charge in [0.15, 0.2) is 0 Å². The van der Waals surface area contributed by atoms with Crippen LogP contribution >= 0.6 is 35.8 Å². The monoisotopic (exact) mass is 522 g/mol. The molecule has 0 bridgehead atoms. The van der Waals surface area contributed by atoms with Crippen molar-refractivity contribution in [3.05, 3.63) is 84.4 Å². The number of nitrogens with zero attached hydrogens (tertiary/aromatic N) is 1. The number of benzene rings is 4. The SMILES string of the molecule is CSNc1ccc(N(C)C(=O)c2ccc3c(NSc4cccc(NSC)c4)cccc3c2O)cc1. The van der Waals surface area contributed by atoms with Crippen molar-refractivity contribution in [2.24, 2.45) is 0 Å². The summed E-state index contributed by atoms with van der Waals surface area (Å²) in [5.74, 6) is -0.305. The minimum atomic E-state index is -0.277. The summed E-state index contributed by atoms with van der Waals surface area (Å²) in [5, 5.41) is 12.5. The molecule has 1 amide bonds. The highest BCUT2D eigenvalue weighted by atomic mass is 32.2. The lowest BCUT2D eigenvalue weighted by Crippen LogP contribution is -2.26. The fourth-order valence-electron chi connectivity index (χ4n) is 3.63. The molecule has 0 saturated carbocycles. The van der Waals surface area contributed by atoms with Crippen LogP contribution in [0.1, 0.15) is 10.4 Å². The van der Waals surface area contributed by atoms with E-state index in [1.807, 2.05) is 79.2 Å². The fraction of sp³-hybridized carbons (Fsp3) is 0.115. The fourth-order valence-corrected chi connectivity index (χ4v) is 5.10. The Balaban J connectivity index is 1.56. The molecule has 9 heteroatoms. The van der Waals surface area contributed by atoms with Crippen molar-refractivity contribution in [1.82, 2.24) is 0 Å². The van der Waals surface area contributed by atoms with E-state index in [-0.39, 0.29) is 17.2 Å². The van der Waals surface area contributed by atoms with Crippen LogP contribution in [0.2, 0.25) is 0 Å². The number of carbonyl (C=O) groups is 1. The first-order chi connectivity index (χ1) is 17.0. The van der Waals surface area contributed by atoms with Crippen molar-refractivity contribution in [3.63, 3.8) is 0 Å². The zero-order chi connectivity index (χ0) is 24.8. The molecule has 0 radical (unpaired) electrons. The molecule has 6 nitrogen and oxygen atoms in total. The highest BCUT2D eigenvalue weighted by Gasteiger charge is 2.20. The minimum Gasteiger partial charge on any atom is -0.506 e. The van der Waals surface area contributed by atoms with E-state index in [2.05, 4.69) is 20.2 Å². The molecule has 0 atom stereocenters. The van der Waals surface area contributed by atoms with E-state index in [1.54, 1.807) is 25.1 Å². The number of carbonyl (C=O) groups excluding carboxylic acids is 1. The second-order valence-electron chi connectivity index (χ2n) is 7.62. The van der Waals surface area contributed by atoms with E-state index < -0.39 is 0 Å². The second-order valence-corrected chi connectivity index (χ2v) is 9.72. The molecule has 4 aromatic carbocycles. The van der Waals surface area contributed by atoms with E-state index in [0.717, 1.165) is 33.0 Å². The molecule has 4 aromatic rings. The molecular weight excluding hydrogens is 497 g/mol. The van der Waals surface area contributed by atoms with Crippen molar-refractivity contribution in [2.75, 3.05) is 38.6 Å². The number of phenolic OH excluding ortho intramolecular Hbond substituents is 1. The van der Waals surface area contributed by atoms with Gasteiger partial charge in [-0.2, -0.15) is 0 Å². The Labute approximate surface area is 218 Å². The maximum absolute atomic E-state index is 13.2. The zero-order valence-corrected chi connectivity index (χ0v) is 22.0. The molecule has 4 rings (SSSR count). The van der Waals surface area contributed by atoms with E-state index in [4.69, 9.17) is 0 Å². The van der Waals surface area contributed by atoms with E-state index in [1.165, 1.54) is 28.8 Å². The van der Waals surface area contributed by atoms with Crippen LogP contribution in [-0.4, -0.2) is 30.6 Å². The van der Waals surface area contributed by atoms with Crippen molar-refractivity contribution >= 4 is 75.3 Å². The molecule has 0 saturated heterocycles. The van der Waals surface area contributed by atoms with Crippen molar-refractivity contribution in [2.45, 2.75) is 4.90 Å². The van der Waals surface area contributed by atoms with Gasteiger partial charge in [0.25, 0.3) is 5.91 Å². The Bertz CT molecular complexity index is 1330. The number of hydrogen-bond donors (Lipinski definition) is 4. The van der Waals surface area contributed by atoms with Gasteiger partial charge in [0, 0.05) is 52.3 Å². The van der Waals surface area contributed by atoms with Crippen LogP contribution in [0.3, 0.4) is 0 Å². The van der Waals surface area contributed by atoms with Gasteiger partial charge in [-0.1, -0.05) is 48.2 Å². The van der Waals surface area contributed by atoms with Gasteiger partial charge in [-0.3, -0.25) is 4.79 Å². The van der Waals surface area contributed by atoms with Gasteiger partial charge in [-0.25, -0.2) is 0 Å². The standard InChI is InChI=1S/C26H26N4O2S3/c1-30(19-12-10-17(11-13-19)27-33-2)26(32)23-15-14-21-22(25(23)31)8-5-9-24(21)29-35-20-7-4-6-18(16-20)28-34-3/h4-16,27-29,31H,1-3H3. The lowest BCUT2D eigenvalue weighted by Gasteiger charge is -2.19. The quantitative estimate of drug-likeness (QED) is 0.170. The van der Waals surface area contributed by atoms with E-state index >= 15 is 0 Å². The van der Waals surface area contributed by atoms with Crippen LogP contribution in [0.5, 0.6) is 5.75 Å². The molecule has 180 valence electrons. The summed E-state index contributed by atoms with van der Waals surface area (Å²) in [7, 11) is 1.71. The van der Waals surface area contributed by atoms with Crippen LogP contribution < -0.4 is 19.1 Å². The van der Waals surface area contributed by atoms with Gasteiger partial charge in [-0.15, -0.1) is 0 Å². The normalized spacial score (nSPS) is 10.7. The number of aromatic hydroxyl groups is 1.